The van der Waals surface area contributed by atoms with Gasteiger partial charge in [0, 0.05) is 18.2 Å². The molecule has 1 aromatic carbocycles. The number of hydrogen-bond acceptors (Lipinski definition) is 3. The molecule has 0 fully saturated rings. The standard InChI is InChI=1S/C17H21F3N2O3S/c1-2-3-7-14-8-5-10-22(14)26(24,25)15-9-4-6-13(11-15)16(23)21-12-17(18,19)20/h4-6,8-9,11,14H,2-3,7,10,12H2,1H3,(H,21,23)/t14-/m1/s1. The van der Waals surface area contributed by atoms with Crippen molar-refractivity contribution in [3.63, 3.8) is 0 Å². The number of halogens is 3. The van der Waals surface area contributed by atoms with Crippen molar-refractivity contribution < 1.29 is 26.4 Å². The van der Waals surface area contributed by atoms with Crippen LogP contribution in [0.25, 0.3) is 0 Å². The van der Waals surface area contributed by atoms with Crippen molar-refractivity contribution in [2.24, 2.45) is 0 Å². The Balaban J connectivity index is 2.19. The van der Waals surface area contributed by atoms with Crippen LogP contribution in [-0.2, 0) is 10.0 Å². The molecule has 0 saturated heterocycles. The second kappa shape index (κ2) is 8.22. The van der Waals surface area contributed by atoms with E-state index in [0.29, 0.717) is 6.42 Å². The third-order valence-electron chi connectivity index (χ3n) is 4.02. The molecular weight excluding hydrogens is 369 g/mol. The number of carbonyl (C=O) groups is 1. The number of hydrogen-bond donors (Lipinski definition) is 1. The number of amides is 1. The highest BCUT2D eigenvalue weighted by Gasteiger charge is 2.32. The molecule has 0 radical (unpaired) electrons. The van der Waals surface area contributed by atoms with Crippen molar-refractivity contribution in [2.45, 2.75) is 43.3 Å². The molecule has 1 N–H and O–H groups in total. The van der Waals surface area contributed by atoms with Gasteiger partial charge in [-0.2, -0.15) is 17.5 Å². The predicted molar refractivity (Wildman–Crippen MR) is 91.2 cm³/mol. The summed E-state index contributed by atoms with van der Waals surface area (Å²) in [5.74, 6) is -0.971. The Labute approximate surface area is 150 Å². The third-order valence-corrected chi connectivity index (χ3v) is 5.91. The predicted octanol–water partition coefficient (Wildman–Crippen LogP) is 3.10. The summed E-state index contributed by atoms with van der Waals surface area (Å²) in [6.07, 6.45) is 1.59. The van der Waals surface area contributed by atoms with Gasteiger partial charge in [-0.3, -0.25) is 4.79 Å². The molecule has 0 aromatic heterocycles. The lowest BCUT2D eigenvalue weighted by molar-refractivity contribution is -0.123. The van der Waals surface area contributed by atoms with Gasteiger partial charge in [-0.05, 0) is 24.6 Å². The first kappa shape index (κ1) is 20.4. The van der Waals surface area contributed by atoms with Crippen LogP contribution in [-0.4, -0.2) is 43.9 Å². The summed E-state index contributed by atoms with van der Waals surface area (Å²) in [7, 11) is -3.85. The molecule has 144 valence electrons. The highest BCUT2D eigenvalue weighted by Crippen LogP contribution is 2.25. The van der Waals surface area contributed by atoms with Gasteiger partial charge >= 0.3 is 6.18 Å². The molecule has 0 saturated carbocycles. The average molecular weight is 390 g/mol. The normalized spacial score (nSPS) is 18.2. The van der Waals surface area contributed by atoms with E-state index in [-0.39, 0.29) is 23.0 Å². The molecule has 1 aliphatic rings. The summed E-state index contributed by atoms with van der Waals surface area (Å²) in [5, 5.41) is 1.74. The lowest BCUT2D eigenvalue weighted by Gasteiger charge is -2.24. The van der Waals surface area contributed by atoms with Crippen LogP contribution in [0.15, 0.2) is 41.3 Å². The highest BCUT2D eigenvalue weighted by atomic mass is 32.2. The summed E-state index contributed by atoms with van der Waals surface area (Å²) < 4.78 is 63.8. The van der Waals surface area contributed by atoms with Gasteiger partial charge < -0.3 is 5.32 Å². The third kappa shape index (κ3) is 5.07. The van der Waals surface area contributed by atoms with Gasteiger partial charge in [-0.25, -0.2) is 8.42 Å². The number of alkyl halides is 3. The first-order chi connectivity index (χ1) is 12.1. The van der Waals surface area contributed by atoms with E-state index in [9.17, 15) is 26.4 Å². The van der Waals surface area contributed by atoms with E-state index in [1.807, 2.05) is 13.0 Å². The number of sulfonamides is 1. The molecule has 1 atom stereocenters. The van der Waals surface area contributed by atoms with Crippen molar-refractivity contribution in [3.05, 3.63) is 42.0 Å². The Hall–Kier alpha value is -1.87. The zero-order chi connectivity index (χ0) is 19.4. The van der Waals surface area contributed by atoms with Gasteiger partial charge in [-0.15, -0.1) is 0 Å². The fraction of sp³-hybridized carbons (Fsp3) is 0.471. The number of unbranched alkanes of at least 4 members (excludes halogenated alkanes) is 1. The first-order valence-corrected chi connectivity index (χ1v) is 9.72. The van der Waals surface area contributed by atoms with Gasteiger partial charge in [0.2, 0.25) is 10.0 Å². The van der Waals surface area contributed by atoms with E-state index in [0.717, 1.165) is 18.9 Å². The number of rotatable bonds is 7. The van der Waals surface area contributed by atoms with Crippen LogP contribution in [0.5, 0.6) is 0 Å². The van der Waals surface area contributed by atoms with Crippen LogP contribution in [0.3, 0.4) is 0 Å². The van der Waals surface area contributed by atoms with E-state index in [2.05, 4.69) is 0 Å². The quantitative estimate of drug-likeness (QED) is 0.728. The summed E-state index contributed by atoms with van der Waals surface area (Å²) in [6.45, 7) is 0.777. The number of carbonyl (C=O) groups excluding carboxylic acids is 1. The van der Waals surface area contributed by atoms with E-state index in [4.69, 9.17) is 0 Å². The van der Waals surface area contributed by atoms with Crippen LogP contribution in [0.4, 0.5) is 13.2 Å². The zero-order valence-electron chi connectivity index (χ0n) is 14.3. The van der Waals surface area contributed by atoms with Gasteiger partial charge in [0.05, 0.1) is 4.90 Å². The Morgan fingerprint density at radius 1 is 1.35 bits per heavy atom. The van der Waals surface area contributed by atoms with E-state index < -0.39 is 28.7 Å². The molecule has 0 aliphatic carbocycles. The summed E-state index contributed by atoms with van der Waals surface area (Å²) in [6, 6.07) is 4.82. The van der Waals surface area contributed by atoms with Gasteiger partial charge in [-0.1, -0.05) is 38.0 Å². The summed E-state index contributed by atoms with van der Waals surface area (Å²) in [5.41, 5.74) is -0.132. The lowest BCUT2D eigenvalue weighted by Crippen LogP contribution is -2.36. The fourth-order valence-electron chi connectivity index (χ4n) is 2.70. The monoisotopic (exact) mass is 390 g/mol. The lowest BCUT2D eigenvalue weighted by atomic mass is 10.1. The molecule has 5 nitrogen and oxygen atoms in total. The largest absolute Gasteiger partial charge is 0.405 e. The Bertz CT molecular complexity index is 776. The highest BCUT2D eigenvalue weighted by molar-refractivity contribution is 7.89. The second-order valence-electron chi connectivity index (χ2n) is 6.04. The summed E-state index contributed by atoms with van der Waals surface area (Å²) in [4.78, 5) is 11.8. The summed E-state index contributed by atoms with van der Waals surface area (Å²) >= 11 is 0. The maximum Gasteiger partial charge on any atom is 0.405 e. The van der Waals surface area contributed by atoms with E-state index in [1.165, 1.54) is 22.5 Å². The topological polar surface area (TPSA) is 66.5 Å². The first-order valence-electron chi connectivity index (χ1n) is 8.28. The van der Waals surface area contributed by atoms with Gasteiger partial charge in [0.1, 0.15) is 6.54 Å². The minimum absolute atomic E-state index is 0.109. The molecule has 0 unspecified atom stereocenters. The Morgan fingerprint density at radius 2 is 2.08 bits per heavy atom. The molecule has 1 heterocycles. The molecule has 2 rings (SSSR count). The number of nitrogens with one attached hydrogen (secondary N) is 1. The van der Waals surface area contributed by atoms with Crippen LogP contribution in [0.1, 0.15) is 36.5 Å². The SMILES string of the molecule is CCCC[C@@H]1C=CCN1S(=O)(=O)c1cccc(C(=O)NCC(F)(F)F)c1. The molecule has 0 spiro atoms. The van der Waals surface area contributed by atoms with Crippen molar-refractivity contribution in [1.29, 1.82) is 0 Å². The number of nitrogens with zero attached hydrogens (tertiary/aromatic N) is 1. The minimum Gasteiger partial charge on any atom is -0.343 e. The smallest absolute Gasteiger partial charge is 0.343 e. The molecule has 0 bridgehead atoms. The van der Waals surface area contributed by atoms with Crippen molar-refractivity contribution in [1.82, 2.24) is 9.62 Å². The number of benzene rings is 1. The molecule has 1 aromatic rings. The fourth-order valence-corrected chi connectivity index (χ4v) is 4.31. The Kier molecular flexibility index (Phi) is 6.46. The molecule has 1 amide bonds. The molecular formula is C17H21F3N2O3S. The second-order valence-corrected chi connectivity index (χ2v) is 7.93. The van der Waals surface area contributed by atoms with Crippen LogP contribution in [0.2, 0.25) is 0 Å². The van der Waals surface area contributed by atoms with E-state index >= 15 is 0 Å². The molecule has 1 aliphatic heterocycles. The molecule has 26 heavy (non-hydrogen) atoms. The van der Waals surface area contributed by atoms with Crippen LogP contribution < -0.4 is 5.32 Å². The van der Waals surface area contributed by atoms with Crippen molar-refractivity contribution in [2.75, 3.05) is 13.1 Å². The van der Waals surface area contributed by atoms with Crippen LogP contribution >= 0.6 is 0 Å². The minimum atomic E-state index is -4.53. The Morgan fingerprint density at radius 3 is 2.73 bits per heavy atom. The average Bonchev–Trinajstić information content (AvgIpc) is 3.06. The maximum absolute atomic E-state index is 12.9. The van der Waals surface area contributed by atoms with E-state index in [1.54, 1.807) is 11.4 Å². The van der Waals surface area contributed by atoms with Gasteiger partial charge in [0.15, 0.2) is 0 Å². The van der Waals surface area contributed by atoms with Crippen molar-refractivity contribution >= 4 is 15.9 Å². The zero-order valence-corrected chi connectivity index (χ0v) is 15.1. The maximum atomic E-state index is 12.9. The van der Waals surface area contributed by atoms with Gasteiger partial charge in [0.25, 0.3) is 5.91 Å². The molecule has 9 heteroatoms. The van der Waals surface area contributed by atoms with Crippen molar-refractivity contribution in [3.8, 4) is 0 Å². The van der Waals surface area contributed by atoms with Crippen LogP contribution in [0, 0.1) is 0 Å².